The molecule has 1 rings (SSSR count). The van der Waals surface area contributed by atoms with E-state index in [9.17, 15) is 13.2 Å². The largest absolute Gasteiger partial charge is 0.446 e. The highest BCUT2D eigenvalue weighted by molar-refractivity contribution is 5.56. The van der Waals surface area contributed by atoms with Crippen LogP contribution in [0.5, 0.6) is 0 Å². The molecule has 0 radical (unpaired) electrons. The summed E-state index contributed by atoms with van der Waals surface area (Å²) >= 11 is 0. The number of aldehydes is 1. The molecule has 0 heterocycles. The van der Waals surface area contributed by atoms with E-state index < -0.39 is 12.5 Å². The topological polar surface area (TPSA) is 32.3 Å². The minimum absolute atomic E-state index is 0.593. The van der Waals surface area contributed by atoms with E-state index in [-0.39, 0.29) is 0 Å². The van der Waals surface area contributed by atoms with Crippen LogP contribution in [0.4, 0.5) is 24.5 Å². The van der Waals surface area contributed by atoms with Crippen LogP contribution in [-0.2, 0) is 4.79 Å². The molecule has 21 heavy (non-hydrogen) atoms. The number of anilines is 2. The van der Waals surface area contributed by atoms with Crippen LogP contribution in [0.15, 0.2) is 24.3 Å². The van der Waals surface area contributed by atoms with Crippen molar-refractivity contribution in [2.75, 3.05) is 24.3 Å². The van der Waals surface area contributed by atoms with Crippen molar-refractivity contribution in [3.8, 4) is 0 Å². The molecule has 6 heteroatoms. The second kappa shape index (κ2) is 9.26. The van der Waals surface area contributed by atoms with Crippen LogP contribution in [0.2, 0.25) is 0 Å². The molecule has 0 aromatic heterocycles. The quantitative estimate of drug-likeness (QED) is 0.831. The molecule has 1 N–H and O–H groups in total. The molecule has 0 saturated heterocycles. The fourth-order valence-corrected chi connectivity index (χ4v) is 1.58. The summed E-state index contributed by atoms with van der Waals surface area (Å²) in [6.45, 7) is 4.44. The number of hydrogen-bond acceptors (Lipinski definition) is 3. The van der Waals surface area contributed by atoms with Crippen molar-refractivity contribution in [2.24, 2.45) is 0 Å². The lowest BCUT2D eigenvalue weighted by atomic mass is 10.1. The predicted octanol–water partition coefficient (Wildman–Crippen LogP) is 4.10. The SMILES string of the molecule is CCC(CC)Nc1ccc(N(C)C)cc1.O=CC(F)(F)F. The van der Waals surface area contributed by atoms with E-state index in [0.717, 1.165) is 0 Å². The maximum atomic E-state index is 10.4. The van der Waals surface area contributed by atoms with Gasteiger partial charge in [-0.15, -0.1) is 0 Å². The van der Waals surface area contributed by atoms with Crippen molar-refractivity contribution < 1.29 is 18.0 Å². The average Bonchev–Trinajstić information content (AvgIpc) is 2.45. The van der Waals surface area contributed by atoms with Gasteiger partial charge in [-0.2, -0.15) is 13.2 Å². The third-order valence-corrected chi connectivity index (χ3v) is 2.87. The van der Waals surface area contributed by atoms with Gasteiger partial charge >= 0.3 is 6.18 Å². The van der Waals surface area contributed by atoms with E-state index in [4.69, 9.17) is 4.79 Å². The molecule has 1 aromatic rings. The first kappa shape index (κ1) is 19.3. The molecule has 0 unspecified atom stereocenters. The third kappa shape index (κ3) is 8.94. The van der Waals surface area contributed by atoms with E-state index in [1.807, 2.05) is 0 Å². The predicted molar refractivity (Wildman–Crippen MR) is 80.9 cm³/mol. The molecule has 0 saturated carbocycles. The molecule has 0 atom stereocenters. The van der Waals surface area contributed by atoms with Crippen LogP contribution < -0.4 is 10.2 Å². The Morgan fingerprint density at radius 3 is 1.86 bits per heavy atom. The van der Waals surface area contributed by atoms with Gasteiger partial charge < -0.3 is 10.2 Å². The highest BCUT2D eigenvalue weighted by Gasteiger charge is 2.24. The maximum absolute atomic E-state index is 10.4. The van der Waals surface area contributed by atoms with Crippen LogP contribution in [0, 0.1) is 0 Å². The number of nitrogens with one attached hydrogen (secondary N) is 1. The Morgan fingerprint density at radius 2 is 1.57 bits per heavy atom. The van der Waals surface area contributed by atoms with Gasteiger partial charge in [-0.3, -0.25) is 4.79 Å². The minimum Gasteiger partial charge on any atom is -0.382 e. The van der Waals surface area contributed by atoms with E-state index in [2.05, 4.69) is 62.4 Å². The second-order valence-corrected chi connectivity index (χ2v) is 4.76. The molecule has 0 amide bonds. The number of carbonyl (C=O) groups is 1. The van der Waals surface area contributed by atoms with Crippen molar-refractivity contribution >= 4 is 17.7 Å². The zero-order chi connectivity index (χ0) is 16.5. The molecule has 0 bridgehead atoms. The van der Waals surface area contributed by atoms with Crippen LogP contribution in [0.25, 0.3) is 0 Å². The van der Waals surface area contributed by atoms with Crippen molar-refractivity contribution in [2.45, 2.75) is 38.9 Å². The average molecular weight is 304 g/mol. The number of nitrogens with zero attached hydrogens (tertiary/aromatic N) is 1. The summed E-state index contributed by atoms with van der Waals surface area (Å²) in [7, 11) is 4.12. The molecule has 120 valence electrons. The minimum atomic E-state index is -4.64. The third-order valence-electron chi connectivity index (χ3n) is 2.87. The lowest BCUT2D eigenvalue weighted by Crippen LogP contribution is -2.17. The first-order valence-electron chi connectivity index (χ1n) is 6.80. The maximum Gasteiger partial charge on any atom is 0.446 e. The summed E-state index contributed by atoms with van der Waals surface area (Å²) < 4.78 is 31.2. The number of hydrogen-bond donors (Lipinski definition) is 1. The normalized spacial score (nSPS) is 10.7. The van der Waals surface area contributed by atoms with Gasteiger partial charge in [0.1, 0.15) is 0 Å². The zero-order valence-electron chi connectivity index (χ0n) is 12.9. The number of rotatable bonds is 5. The zero-order valence-corrected chi connectivity index (χ0v) is 12.9. The molecule has 0 spiro atoms. The van der Waals surface area contributed by atoms with Crippen molar-refractivity contribution in [1.82, 2.24) is 0 Å². The van der Waals surface area contributed by atoms with Gasteiger partial charge in [0.05, 0.1) is 0 Å². The fourth-order valence-electron chi connectivity index (χ4n) is 1.58. The van der Waals surface area contributed by atoms with Crippen LogP contribution in [0.3, 0.4) is 0 Å². The fraction of sp³-hybridized carbons (Fsp3) is 0.533. The van der Waals surface area contributed by atoms with E-state index >= 15 is 0 Å². The van der Waals surface area contributed by atoms with Gasteiger partial charge in [0.15, 0.2) is 0 Å². The van der Waals surface area contributed by atoms with Crippen molar-refractivity contribution in [3.05, 3.63) is 24.3 Å². The Morgan fingerprint density at radius 1 is 1.14 bits per heavy atom. The molecule has 0 aliphatic heterocycles. The van der Waals surface area contributed by atoms with Gasteiger partial charge in [-0.25, -0.2) is 0 Å². The van der Waals surface area contributed by atoms with Gasteiger partial charge in [0.2, 0.25) is 6.29 Å². The number of benzene rings is 1. The van der Waals surface area contributed by atoms with Gasteiger partial charge in [0.25, 0.3) is 0 Å². The van der Waals surface area contributed by atoms with Crippen LogP contribution >= 0.6 is 0 Å². The Balaban J connectivity index is 0.000000567. The summed E-state index contributed by atoms with van der Waals surface area (Å²) in [4.78, 5) is 10.8. The summed E-state index contributed by atoms with van der Waals surface area (Å²) in [5.74, 6) is 0. The molecule has 0 fully saturated rings. The lowest BCUT2D eigenvalue weighted by molar-refractivity contribution is -0.156. The molecule has 1 aromatic carbocycles. The Kier molecular flexibility index (Phi) is 8.50. The van der Waals surface area contributed by atoms with E-state index in [1.165, 1.54) is 24.2 Å². The monoisotopic (exact) mass is 304 g/mol. The Bertz CT molecular complexity index is 398. The van der Waals surface area contributed by atoms with Gasteiger partial charge in [-0.1, -0.05) is 13.8 Å². The summed E-state index contributed by atoms with van der Waals surface area (Å²) in [6.07, 6.45) is -3.36. The summed E-state index contributed by atoms with van der Waals surface area (Å²) in [5, 5.41) is 3.53. The van der Waals surface area contributed by atoms with Crippen molar-refractivity contribution in [1.29, 1.82) is 0 Å². The summed E-state index contributed by atoms with van der Waals surface area (Å²) in [6, 6.07) is 9.17. The Hall–Kier alpha value is -1.72. The molecule has 3 nitrogen and oxygen atoms in total. The summed E-state index contributed by atoms with van der Waals surface area (Å²) in [5.41, 5.74) is 2.46. The molecule has 0 aliphatic rings. The second-order valence-electron chi connectivity index (χ2n) is 4.76. The highest BCUT2D eigenvalue weighted by atomic mass is 19.4. The first-order valence-corrected chi connectivity index (χ1v) is 6.80. The standard InChI is InChI=1S/C13H22N2.C2HF3O/c1-5-11(6-2)14-12-7-9-13(10-8-12)15(3)4;3-2(4,5)1-6/h7-11,14H,5-6H2,1-4H3;1H. The van der Waals surface area contributed by atoms with Crippen molar-refractivity contribution in [3.63, 3.8) is 0 Å². The number of alkyl halides is 3. The van der Waals surface area contributed by atoms with Gasteiger partial charge in [0, 0.05) is 31.5 Å². The first-order chi connectivity index (χ1) is 9.73. The van der Waals surface area contributed by atoms with Crippen LogP contribution in [0.1, 0.15) is 26.7 Å². The highest BCUT2D eigenvalue weighted by Crippen LogP contribution is 2.17. The van der Waals surface area contributed by atoms with E-state index in [0.29, 0.717) is 6.04 Å². The number of halogens is 3. The smallest absolute Gasteiger partial charge is 0.382 e. The lowest BCUT2D eigenvalue weighted by Gasteiger charge is -2.17. The molecular formula is C15H23F3N2O. The molecule has 0 aliphatic carbocycles. The Labute approximate surface area is 124 Å². The van der Waals surface area contributed by atoms with Crippen LogP contribution in [-0.4, -0.2) is 32.6 Å². The molecular weight excluding hydrogens is 281 g/mol. The van der Waals surface area contributed by atoms with E-state index in [1.54, 1.807) is 0 Å². The van der Waals surface area contributed by atoms with Gasteiger partial charge in [-0.05, 0) is 37.1 Å². The number of carbonyl (C=O) groups excluding carboxylic acids is 1.